The number of benzene rings is 1. The topological polar surface area (TPSA) is 24.5 Å². The number of halogens is 5. The van der Waals surface area contributed by atoms with Crippen LogP contribution in [0, 0.1) is 5.92 Å². The van der Waals surface area contributed by atoms with E-state index < -0.39 is 11.7 Å². The molecule has 1 N–H and O–H groups in total. The number of nitrogens with one attached hydrogen (secondary N) is 1. The summed E-state index contributed by atoms with van der Waals surface area (Å²) in [5.74, 6) is 1.05. The van der Waals surface area contributed by atoms with Gasteiger partial charge in [0.1, 0.15) is 5.75 Å². The predicted molar refractivity (Wildman–Crippen MR) is 97.0 cm³/mol. The van der Waals surface area contributed by atoms with E-state index in [-0.39, 0.29) is 30.9 Å². The standard InChI is InChI=1S/C17H23F3N2O.2ClH/c1-23-16-11-13(17(18,19)20)4-5-14(16)15(10-12-2-3-12)22-8-6-21-7-9-22;;/h4-5,11-12,15,21H,2-3,6-10H2,1H3;2*1H/t15-;;/m1../s1. The summed E-state index contributed by atoms with van der Waals surface area (Å²) in [6, 6.07) is 4.07. The van der Waals surface area contributed by atoms with Gasteiger partial charge in [-0.2, -0.15) is 13.2 Å². The molecule has 2 aliphatic rings. The minimum absolute atomic E-state index is 0. The molecule has 1 aromatic rings. The van der Waals surface area contributed by atoms with E-state index in [4.69, 9.17) is 4.74 Å². The third-order valence-corrected chi connectivity index (χ3v) is 4.77. The first kappa shape index (κ1) is 22.4. The van der Waals surface area contributed by atoms with E-state index in [9.17, 15) is 13.2 Å². The van der Waals surface area contributed by atoms with E-state index in [1.807, 2.05) is 0 Å². The molecule has 25 heavy (non-hydrogen) atoms. The Morgan fingerprint density at radius 1 is 1.20 bits per heavy atom. The summed E-state index contributed by atoms with van der Waals surface area (Å²) >= 11 is 0. The molecule has 3 rings (SSSR count). The van der Waals surface area contributed by atoms with Gasteiger partial charge in [-0.25, -0.2) is 0 Å². The van der Waals surface area contributed by atoms with Gasteiger partial charge in [-0.15, -0.1) is 24.8 Å². The number of rotatable bonds is 5. The Bertz CT molecular complexity index is 547. The van der Waals surface area contributed by atoms with Crippen LogP contribution in [0.2, 0.25) is 0 Å². The summed E-state index contributed by atoms with van der Waals surface area (Å²) in [6.07, 6.45) is -0.883. The fraction of sp³-hybridized carbons (Fsp3) is 0.647. The van der Waals surface area contributed by atoms with E-state index in [0.29, 0.717) is 11.7 Å². The van der Waals surface area contributed by atoms with Crippen LogP contribution in [-0.4, -0.2) is 38.2 Å². The van der Waals surface area contributed by atoms with Crippen molar-refractivity contribution in [2.75, 3.05) is 33.3 Å². The maximum Gasteiger partial charge on any atom is 0.416 e. The lowest BCUT2D eigenvalue weighted by atomic mass is 9.96. The molecular formula is C17H25Cl2F3N2O. The lowest BCUT2D eigenvalue weighted by Crippen LogP contribution is -2.45. The van der Waals surface area contributed by atoms with E-state index in [1.165, 1.54) is 26.0 Å². The lowest BCUT2D eigenvalue weighted by Gasteiger charge is -2.36. The van der Waals surface area contributed by atoms with Crippen LogP contribution in [0.3, 0.4) is 0 Å². The van der Waals surface area contributed by atoms with Crippen LogP contribution in [0.25, 0.3) is 0 Å². The van der Waals surface area contributed by atoms with Crippen molar-refractivity contribution < 1.29 is 17.9 Å². The van der Waals surface area contributed by atoms with Crippen molar-refractivity contribution in [1.82, 2.24) is 10.2 Å². The van der Waals surface area contributed by atoms with Crippen molar-refractivity contribution in [3.63, 3.8) is 0 Å². The molecule has 144 valence electrons. The van der Waals surface area contributed by atoms with Crippen LogP contribution in [0.5, 0.6) is 5.75 Å². The zero-order valence-corrected chi connectivity index (χ0v) is 15.8. The third-order valence-electron chi connectivity index (χ3n) is 4.77. The maximum absolute atomic E-state index is 12.9. The Morgan fingerprint density at radius 3 is 2.36 bits per heavy atom. The Hall–Kier alpha value is -0.690. The number of piperazine rings is 1. The van der Waals surface area contributed by atoms with Gasteiger partial charge in [0.2, 0.25) is 0 Å². The second-order valence-corrected chi connectivity index (χ2v) is 6.44. The number of ether oxygens (including phenoxy) is 1. The van der Waals surface area contributed by atoms with E-state index in [1.54, 1.807) is 6.07 Å². The lowest BCUT2D eigenvalue weighted by molar-refractivity contribution is -0.137. The molecule has 2 fully saturated rings. The number of alkyl halides is 3. The van der Waals surface area contributed by atoms with Crippen molar-refractivity contribution in [2.24, 2.45) is 5.92 Å². The molecule has 1 atom stereocenters. The highest BCUT2D eigenvalue weighted by atomic mass is 35.5. The van der Waals surface area contributed by atoms with Crippen LogP contribution >= 0.6 is 24.8 Å². The fourth-order valence-corrected chi connectivity index (χ4v) is 3.30. The Morgan fingerprint density at radius 2 is 1.84 bits per heavy atom. The summed E-state index contributed by atoms with van der Waals surface area (Å²) in [7, 11) is 1.45. The summed E-state index contributed by atoms with van der Waals surface area (Å²) < 4.78 is 44.1. The molecule has 0 bridgehead atoms. The van der Waals surface area contributed by atoms with Crippen molar-refractivity contribution in [2.45, 2.75) is 31.5 Å². The van der Waals surface area contributed by atoms with Gasteiger partial charge in [-0.3, -0.25) is 4.90 Å². The molecule has 8 heteroatoms. The Balaban J connectivity index is 0.00000156. The first-order valence-corrected chi connectivity index (χ1v) is 8.19. The second-order valence-electron chi connectivity index (χ2n) is 6.44. The van der Waals surface area contributed by atoms with Crippen LogP contribution < -0.4 is 10.1 Å². The van der Waals surface area contributed by atoms with Crippen molar-refractivity contribution in [1.29, 1.82) is 0 Å². The Kier molecular flexibility index (Phi) is 8.32. The quantitative estimate of drug-likeness (QED) is 0.796. The minimum atomic E-state index is -4.34. The summed E-state index contributed by atoms with van der Waals surface area (Å²) in [5, 5.41) is 3.33. The second kappa shape index (κ2) is 9.31. The molecule has 1 saturated carbocycles. The zero-order chi connectivity index (χ0) is 16.4. The van der Waals surface area contributed by atoms with Crippen LogP contribution in [0.15, 0.2) is 18.2 Å². The minimum Gasteiger partial charge on any atom is -0.496 e. The number of methoxy groups -OCH3 is 1. The van der Waals surface area contributed by atoms with Gasteiger partial charge < -0.3 is 10.1 Å². The third kappa shape index (κ3) is 5.64. The van der Waals surface area contributed by atoms with Crippen molar-refractivity contribution in [3.8, 4) is 5.75 Å². The molecule has 3 nitrogen and oxygen atoms in total. The van der Waals surface area contributed by atoms with Gasteiger partial charge in [0.05, 0.1) is 12.7 Å². The number of hydrogen-bond donors (Lipinski definition) is 1. The van der Waals surface area contributed by atoms with Gasteiger partial charge in [0, 0.05) is 37.8 Å². The summed E-state index contributed by atoms with van der Waals surface area (Å²) in [6.45, 7) is 3.68. The molecule has 0 amide bonds. The average molecular weight is 401 g/mol. The van der Waals surface area contributed by atoms with Gasteiger partial charge in [-0.05, 0) is 24.5 Å². The molecule has 1 aliphatic heterocycles. The van der Waals surface area contributed by atoms with E-state index in [2.05, 4.69) is 10.2 Å². The molecule has 1 aromatic carbocycles. The largest absolute Gasteiger partial charge is 0.496 e. The molecule has 1 heterocycles. The zero-order valence-electron chi connectivity index (χ0n) is 14.1. The highest BCUT2D eigenvalue weighted by Gasteiger charge is 2.35. The highest BCUT2D eigenvalue weighted by molar-refractivity contribution is 5.85. The van der Waals surface area contributed by atoms with Crippen molar-refractivity contribution in [3.05, 3.63) is 29.3 Å². The SMILES string of the molecule is COc1cc(C(F)(F)F)ccc1[C@@H](CC1CC1)N1CCNCC1.Cl.Cl. The van der Waals surface area contributed by atoms with Crippen molar-refractivity contribution >= 4 is 24.8 Å². The first-order chi connectivity index (χ1) is 11.0. The van der Waals surface area contributed by atoms with E-state index in [0.717, 1.165) is 44.2 Å². The van der Waals surface area contributed by atoms with Gasteiger partial charge >= 0.3 is 6.18 Å². The van der Waals surface area contributed by atoms with Gasteiger partial charge in [0.25, 0.3) is 0 Å². The number of hydrogen-bond acceptors (Lipinski definition) is 3. The molecule has 0 unspecified atom stereocenters. The molecule has 1 aliphatic carbocycles. The smallest absolute Gasteiger partial charge is 0.416 e. The predicted octanol–water partition coefficient (Wildman–Crippen LogP) is 4.30. The molecular weight excluding hydrogens is 376 g/mol. The fourth-order valence-electron chi connectivity index (χ4n) is 3.30. The van der Waals surface area contributed by atoms with Gasteiger partial charge in [0.15, 0.2) is 0 Å². The molecule has 0 spiro atoms. The van der Waals surface area contributed by atoms with Crippen LogP contribution in [-0.2, 0) is 6.18 Å². The average Bonchev–Trinajstić information content (AvgIpc) is 3.36. The Labute approximate surface area is 159 Å². The monoisotopic (exact) mass is 400 g/mol. The summed E-state index contributed by atoms with van der Waals surface area (Å²) in [4.78, 5) is 2.37. The molecule has 0 aromatic heterocycles. The van der Waals surface area contributed by atoms with E-state index >= 15 is 0 Å². The highest BCUT2D eigenvalue weighted by Crippen LogP contribution is 2.43. The molecule has 1 saturated heterocycles. The van der Waals surface area contributed by atoms with Crippen LogP contribution in [0.1, 0.15) is 36.4 Å². The first-order valence-electron chi connectivity index (χ1n) is 8.19. The maximum atomic E-state index is 12.9. The van der Waals surface area contributed by atoms with Gasteiger partial charge in [-0.1, -0.05) is 18.9 Å². The number of nitrogens with zero attached hydrogens (tertiary/aromatic N) is 1. The molecule has 0 radical (unpaired) electrons. The summed E-state index contributed by atoms with van der Waals surface area (Å²) in [5.41, 5.74) is 0.234. The normalized spacial score (nSPS) is 19.5. The van der Waals surface area contributed by atoms with Crippen LogP contribution in [0.4, 0.5) is 13.2 Å².